The van der Waals surface area contributed by atoms with E-state index in [1.54, 1.807) is 0 Å². The molecule has 0 saturated heterocycles. The van der Waals surface area contributed by atoms with Crippen molar-refractivity contribution in [2.24, 2.45) is 0 Å². The zero-order valence-electron chi connectivity index (χ0n) is 31.4. The smallest absolute Gasteiger partial charge is 0.160 e. The molecule has 12 rings (SSSR count). The Morgan fingerprint density at radius 1 is 0.345 bits per heavy atom. The molecule has 1 spiro atoms. The molecule has 0 fully saturated rings. The summed E-state index contributed by atoms with van der Waals surface area (Å²) in [7, 11) is 0. The second-order valence-electron chi connectivity index (χ2n) is 15.2. The molecule has 0 radical (unpaired) electrons. The van der Waals surface area contributed by atoms with Gasteiger partial charge < -0.3 is 4.74 Å². The first-order valence-electron chi connectivity index (χ1n) is 19.8. The summed E-state index contributed by atoms with van der Waals surface area (Å²) >= 11 is 0. The van der Waals surface area contributed by atoms with Crippen molar-refractivity contribution < 1.29 is 4.74 Å². The van der Waals surface area contributed by atoms with Gasteiger partial charge in [0.25, 0.3) is 0 Å². The van der Waals surface area contributed by atoms with Gasteiger partial charge >= 0.3 is 0 Å². The van der Waals surface area contributed by atoms with Crippen LogP contribution in [0, 0.1) is 0 Å². The predicted octanol–water partition coefficient (Wildman–Crippen LogP) is 13.9. The molecule has 0 N–H and O–H groups in total. The van der Waals surface area contributed by atoms with Crippen LogP contribution in [-0.4, -0.2) is 9.97 Å². The molecular formula is C55H34N2O. The second kappa shape index (κ2) is 12.7. The standard InChI is InChI=1S/C55H34N2O/c1-2-14-37(15-3-1)50-34-51(40-31-32-42-39(33-40)30-27-35-13-4-5-16-41(35)42)57-54(56-50)38-28-25-36(26-29-38)43-19-12-23-49-53(43)58-52-24-11-10-22-48(52)55(49)46-20-8-6-17-44(46)45-18-7-9-21-47(45)55/h1-34H. The minimum Gasteiger partial charge on any atom is -0.456 e. The summed E-state index contributed by atoms with van der Waals surface area (Å²) in [5, 5.41) is 4.91. The Balaban J connectivity index is 0.988. The summed E-state index contributed by atoms with van der Waals surface area (Å²) in [5.41, 5.74) is 13.8. The number of rotatable bonds is 4. The zero-order chi connectivity index (χ0) is 38.2. The molecule has 0 unspecified atom stereocenters. The molecular weight excluding hydrogens is 705 g/mol. The number of nitrogens with zero attached hydrogens (tertiary/aromatic N) is 2. The molecule has 1 aliphatic heterocycles. The SMILES string of the molecule is c1ccc(-c2cc(-c3ccc4c(ccc5ccccc54)c3)nc(-c3ccc(-c4cccc5c4Oc4ccccc4C54c5ccccc5-c5ccccc54)cc3)n2)cc1. The van der Waals surface area contributed by atoms with Gasteiger partial charge in [0.2, 0.25) is 0 Å². The van der Waals surface area contributed by atoms with Crippen molar-refractivity contribution in [3.63, 3.8) is 0 Å². The maximum Gasteiger partial charge on any atom is 0.160 e. The summed E-state index contributed by atoms with van der Waals surface area (Å²) in [6.07, 6.45) is 0. The molecule has 2 heterocycles. The van der Waals surface area contributed by atoms with E-state index in [2.05, 4.69) is 200 Å². The highest BCUT2D eigenvalue weighted by molar-refractivity contribution is 6.08. The number of benzene rings is 9. The quantitative estimate of drug-likeness (QED) is 0.169. The van der Waals surface area contributed by atoms with Crippen molar-refractivity contribution in [1.82, 2.24) is 9.97 Å². The van der Waals surface area contributed by atoms with Crippen LogP contribution in [0.15, 0.2) is 206 Å². The third-order valence-electron chi connectivity index (χ3n) is 12.2. The van der Waals surface area contributed by atoms with Gasteiger partial charge in [-0.3, -0.25) is 0 Å². The Bertz CT molecular complexity index is 3210. The summed E-state index contributed by atoms with van der Waals surface area (Å²) in [4.78, 5) is 10.4. The van der Waals surface area contributed by atoms with E-state index in [1.807, 2.05) is 6.07 Å². The van der Waals surface area contributed by atoms with Crippen LogP contribution >= 0.6 is 0 Å². The van der Waals surface area contributed by atoms with Gasteiger partial charge in [-0.1, -0.05) is 188 Å². The summed E-state index contributed by atoms with van der Waals surface area (Å²) in [5.74, 6) is 2.44. The van der Waals surface area contributed by atoms with Gasteiger partial charge in [-0.2, -0.15) is 0 Å². The topological polar surface area (TPSA) is 35.0 Å². The lowest BCUT2D eigenvalue weighted by molar-refractivity contribution is 0.438. The lowest BCUT2D eigenvalue weighted by atomic mass is 9.65. The van der Waals surface area contributed by atoms with Gasteiger partial charge in [-0.15, -0.1) is 0 Å². The Morgan fingerprint density at radius 2 is 0.914 bits per heavy atom. The summed E-state index contributed by atoms with van der Waals surface area (Å²) in [6, 6.07) is 73.6. The second-order valence-corrected chi connectivity index (χ2v) is 15.2. The minimum absolute atomic E-state index is 0.509. The molecule has 270 valence electrons. The first-order valence-corrected chi connectivity index (χ1v) is 19.8. The van der Waals surface area contributed by atoms with Gasteiger partial charge in [0, 0.05) is 33.4 Å². The predicted molar refractivity (Wildman–Crippen MR) is 236 cm³/mol. The average molecular weight is 739 g/mol. The third kappa shape index (κ3) is 4.80. The molecule has 9 aromatic carbocycles. The van der Waals surface area contributed by atoms with E-state index >= 15 is 0 Å². The fourth-order valence-electron chi connectivity index (χ4n) is 9.56. The number of ether oxygens (including phenoxy) is 1. The Hall–Kier alpha value is -7.62. The largest absolute Gasteiger partial charge is 0.456 e. The number of aromatic nitrogens is 2. The highest BCUT2D eigenvalue weighted by Gasteiger charge is 2.51. The van der Waals surface area contributed by atoms with E-state index in [4.69, 9.17) is 14.7 Å². The van der Waals surface area contributed by atoms with Crippen molar-refractivity contribution in [3.8, 4) is 67.7 Å². The fraction of sp³-hybridized carbons (Fsp3) is 0.0182. The Kier molecular flexibility index (Phi) is 7.14. The molecule has 2 aliphatic rings. The van der Waals surface area contributed by atoms with Crippen molar-refractivity contribution in [3.05, 3.63) is 229 Å². The van der Waals surface area contributed by atoms with Crippen molar-refractivity contribution in [2.75, 3.05) is 0 Å². The Labute approximate surface area is 336 Å². The molecule has 1 aromatic heterocycles. The van der Waals surface area contributed by atoms with Crippen LogP contribution in [0.25, 0.3) is 77.7 Å². The first kappa shape index (κ1) is 32.6. The molecule has 10 aromatic rings. The van der Waals surface area contributed by atoms with E-state index in [-0.39, 0.29) is 0 Å². The van der Waals surface area contributed by atoms with Crippen LogP contribution in [0.4, 0.5) is 0 Å². The van der Waals surface area contributed by atoms with Crippen LogP contribution in [0.2, 0.25) is 0 Å². The number of para-hydroxylation sites is 2. The van der Waals surface area contributed by atoms with Crippen LogP contribution in [-0.2, 0) is 5.41 Å². The fourth-order valence-corrected chi connectivity index (χ4v) is 9.56. The zero-order valence-corrected chi connectivity index (χ0v) is 31.4. The Morgan fingerprint density at radius 3 is 1.71 bits per heavy atom. The number of hydrogen-bond donors (Lipinski definition) is 0. The van der Waals surface area contributed by atoms with Gasteiger partial charge in [0.15, 0.2) is 5.82 Å². The van der Waals surface area contributed by atoms with Gasteiger partial charge in [-0.05, 0) is 67.6 Å². The minimum atomic E-state index is -0.509. The van der Waals surface area contributed by atoms with Gasteiger partial charge in [0.05, 0.1) is 16.8 Å². The van der Waals surface area contributed by atoms with E-state index in [0.29, 0.717) is 5.82 Å². The number of fused-ring (bicyclic) bond motifs is 12. The van der Waals surface area contributed by atoms with Crippen molar-refractivity contribution in [2.45, 2.75) is 5.41 Å². The highest BCUT2D eigenvalue weighted by atomic mass is 16.5. The van der Waals surface area contributed by atoms with Crippen molar-refractivity contribution >= 4 is 21.5 Å². The number of hydrogen-bond acceptors (Lipinski definition) is 3. The molecule has 58 heavy (non-hydrogen) atoms. The van der Waals surface area contributed by atoms with E-state index < -0.39 is 5.41 Å². The lowest BCUT2D eigenvalue weighted by Crippen LogP contribution is -2.32. The third-order valence-corrected chi connectivity index (χ3v) is 12.2. The molecule has 0 saturated carbocycles. The van der Waals surface area contributed by atoms with Crippen molar-refractivity contribution in [1.29, 1.82) is 0 Å². The first-order chi connectivity index (χ1) is 28.7. The summed E-state index contributed by atoms with van der Waals surface area (Å²) < 4.78 is 6.95. The average Bonchev–Trinajstić information content (AvgIpc) is 3.59. The van der Waals surface area contributed by atoms with Crippen LogP contribution in [0.5, 0.6) is 11.5 Å². The van der Waals surface area contributed by atoms with Gasteiger partial charge in [-0.25, -0.2) is 9.97 Å². The maximum absolute atomic E-state index is 6.95. The van der Waals surface area contributed by atoms with E-state index in [9.17, 15) is 0 Å². The normalized spacial score (nSPS) is 13.1. The molecule has 0 amide bonds. The molecule has 3 nitrogen and oxygen atoms in total. The van der Waals surface area contributed by atoms with Crippen LogP contribution < -0.4 is 4.74 Å². The molecule has 0 atom stereocenters. The molecule has 3 heteroatoms. The maximum atomic E-state index is 6.95. The molecule has 0 bridgehead atoms. The van der Waals surface area contributed by atoms with Crippen LogP contribution in [0.1, 0.15) is 22.3 Å². The van der Waals surface area contributed by atoms with E-state index in [1.165, 1.54) is 49.4 Å². The van der Waals surface area contributed by atoms with Gasteiger partial charge in [0.1, 0.15) is 11.5 Å². The molecule has 1 aliphatic carbocycles. The van der Waals surface area contributed by atoms with Crippen LogP contribution in [0.3, 0.4) is 0 Å². The lowest BCUT2D eigenvalue weighted by Gasteiger charge is -2.40. The summed E-state index contributed by atoms with van der Waals surface area (Å²) in [6.45, 7) is 0. The highest BCUT2D eigenvalue weighted by Crippen LogP contribution is 2.63. The monoisotopic (exact) mass is 738 g/mol. The van der Waals surface area contributed by atoms with E-state index in [0.717, 1.165) is 56.3 Å².